The van der Waals surface area contributed by atoms with Gasteiger partial charge in [-0.3, -0.25) is 13.9 Å². The minimum atomic E-state index is -0.251. The SMILES string of the molecule is CC#CC(=O)N1CC[C@@H](n2c(=O)n(-c3ccc(Cc4ccccc4)cc3)c3c(N)ncnc32)C1. The van der Waals surface area contributed by atoms with Crippen LogP contribution in [0, 0.1) is 11.8 Å². The van der Waals surface area contributed by atoms with Gasteiger partial charge in [-0.1, -0.05) is 48.4 Å². The van der Waals surface area contributed by atoms with Gasteiger partial charge in [-0.05, 0) is 48.9 Å². The molecule has 0 bridgehead atoms. The van der Waals surface area contributed by atoms with Crippen molar-refractivity contribution < 1.29 is 4.79 Å². The molecule has 0 aliphatic carbocycles. The van der Waals surface area contributed by atoms with Gasteiger partial charge < -0.3 is 10.6 Å². The average Bonchev–Trinajstić information content (AvgIpc) is 3.43. The van der Waals surface area contributed by atoms with Crippen molar-refractivity contribution in [2.75, 3.05) is 18.8 Å². The van der Waals surface area contributed by atoms with Crippen LogP contribution in [-0.4, -0.2) is 43.0 Å². The average molecular weight is 453 g/mol. The molecule has 1 aliphatic heterocycles. The maximum Gasteiger partial charge on any atom is 0.335 e. The topological polar surface area (TPSA) is 99.0 Å². The molecule has 1 atom stereocenters. The van der Waals surface area contributed by atoms with Gasteiger partial charge in [0.1, 0.15) is 11.8 Å². The zero-order valence-corrected chi connectivity index (χ0v) is 18.8. The van der Waals surface area contributed by atoms with E-state index >= 15 is 0 Å². The van der Waals surface area contributed by atoms with E-state index in [4.69, 9.17) is 5.73 Å². The normalized spacial score (nSPS) is 15.3. The van der Waals surface area contributed by atoms with Crippen LogP contribution < -0.4 is 11.4 Å². The highest BCUT2D eigenvalue weighted by Crippen LogP contribution is 2.27. The van der Waals surface area contributed by atoms with E-state index < -0.39 is 0 Å². The third kappa shape index (κ3) is 3.82. The fraction of sp³-hybridized carbons (Fsp3) is 0.231. The van der Waals surface area contributed by atoms with Crippen LogP contribution in [0.2, 0.25) is 0 Å². The lowest BCUT2D eigenvalue weighted by Crippen LogP contribution is -2.31. The molecule has 8 heteroatoms. The van der Waals surface area contributed by atoms with Crippen LogP contribution in [0.1, 0.15) is 30.5 Å². The molecule has 3 heterocycles. The Balaban J connectivity index is 1.54. The van der Waals surface area contributed by atoms with Crippen molar-refractivity contribution in [3.05, 3.63) is 82.5 Å². The first-order chi connectivity index (χ1) is 16.6. The lowest BCUT2D eigenvalue weighted by atomic mass is 10.0. The van der Waals surface area contributed by atoms with E-state index in [2.05, 4.69) is 33.9 Å². The molecule has 1 fully saturated rings. The van der Waals surface area contributed by atoms with Crippen molar-refractivity contribution in [2.24, 2.45) is 0 Å². The molecule has 2 aromatic heterocycles. The minimum absolute atomic E-state index is 0.217. The Morgan fingerprint density at radius 3 is 2.56 bits per heavy atom. The van der Waals surface area contributed by atoms with Crippen molar-refractivity contribution in [3.8, 4) is 17.5 Å². The fourth-order valence-corrected chi connectivity index (χ4v) is 4.55. The van der Waals surface area contributed by atoms with Crippen molar-refractivity contribution in [1.29, 1.82) is 0 Å². The summed E-state index contributed by atoms with van der Waals surface area (Å²) in [6, 6.07) is 17.9. The smallest absolute Gasteiger partial charge is 0.335 e. The summed E-state index contributed by atoms with van der Waals surface area (Å²) < 4.78 is 3.20. The number of nitrogens with two attached hydrogens (primary N) is 1. The highest BCUT2D eigenvalue weighted by molar-refractivity contribution is 5.93. The summed E-state index contributed by atoms with van der Waals surface area (Å²) in [4.78, 5) is 36.1. The molecular formula is C26H24N6O2. The number of hydrogen-bond acceptors (Lipinski definition) is 5. The number of anilines is 1. The first kappa shape index (κ1) is 21.5. The van der Waals surface area contributed by atoms with Gasteiger partial charge in [-0.25, -0.2) is 14.8 Å². The molecule has 1 amide bonds. The standard InChI is InChI=1S/C26H24N6O2/c1-2-6-22(33)30-14-13-21(16-30)32-25-23(24(27)28-17-29-25)31(26(32)34)20-11-9-19(10-12-20)15-18-7-4-3-5-8-18/h3-5,7-12,17,21H,13-16H2,1H3,(H2,27,28,29)/t21-/m1/s1. The minimum Gasteiger partial charge on any atom is -0.382 e. The van der Waals surface area contributed by atoms with Gasteiger partial charge in [-0.2, -0.15) is 0 Å². The highest BCUT2D eigenvalue weighted by Gasteiger charge is 2.31. The lowest BCUT2D eigenvalue weighted by molar-refractivity contribution is -0.124. The van der Waals surface area contributed by atoms with E-state index in [1.54, 1.807) is 21.0 Å². The number of nitrogen functional groups attached to an aromatic ring is 1. The van der Waals surface area contributed by atoms with Crippen LogP contribution in [0.4, 0.5) is 5.82 Å². The maximum absolute atomic E-state index is 13.7. The molecule has 2 aromatic carbocycles. The number of nitrogens with zero attached hydrogens (tertiary/aromatic N) is 5. The molecular weight excluding hydrogens is 428 g/mol. The number of imidazole rings is 1. The summed E-state index contributed by atoms with van der Waals surface area (Å²) in [6.45, 7) is 2.56. The summed E-state index contributed by atoms with van der Waals surface area (Å²) in [5.41, 5.74) is 9.95. The van der Waals surface area contributed by atoms with E-state index in [-0.39, 0.29) is 23.5 Å². The second-order valence-electron chi connectivity index (χ2n) is 8.32. The summed E-state index contributed by atoms with van der Waals surface area (Å²) >= 11 is 0. The number of fused-ring (bicyclic) bond motifs is 1. The van der Waals surface area contributed by atoms with E-state index in [9.17, 15) is 9.59 Å². The maximum atomic E-state index is 13.7. The molecule has 0 unspecified atom stereocenters. The van der Waals surface area contributed by atoms with Gasteiger partial charge >= 0.3 is 5.69 Å². The second kappa shape index (κ2) is 8.87. The highest BCUT2D eigenvalue weighted by atomic mass is 16.2. The van der Waals surface area contributed by atoms with E-state index in [0.29, 0.717) is 36.4 Å². The summed E-state index contributed by atoms with van der Waals surface area (Å²) in [5, 5.41) is 0. The number of rotatable bonds is 4. The monoisotopic (exact) mass is 452 g/mol. The first-order valence-electron chi connectivity index (χ1n) is 11.1. The molecule has 2 N–H and O–H groups in total. The summed E-state index contributed by atoms with van der Waals surface area (Å²) in [5.74, 6) is 5.22. The Labute approximate surface area is 196 Å². The van der Waals surface area contributed by atoms with Gasteiger partial charge in [0.25, 0.3) is 5.91 Å². The summed E-state index contributed by atoms with van der Waals surface area (Å²) in [7, 11) is 0. The largest absolute Gasteiger partial charge is 0.382 e. The van der Waals surface area contributed by atoms with Crippen LogP contribution in [0.25, 0.3) is 16.9 Å². The van der Waals surface area contributed by atoms with Crippen LogP contribution in [0.15, 0.2) is 65.7 Å². The van der Waals surface area contributed by atoms with Crippen molar-refractivity contribution in [3.63, 3.8) is 0 Å². The molecule has 0 saturated carbocycles. The lowest BCUT2D eigenvalue weighted by Gasteiger charge is -2.14. The zero-order valence-electron chi connectivity index (χ0n) is 18.8. The molecule has 34 heavy (non-hydrogen) atoms. The predicted molar refractivity (Wildman–Crippen MR) is 130 cm³/mol. The zero-order chi connectivity index (χ0) is 23.7. The number of carbonyl (C=O) groups excluding carboxylic acids is 1. The molecule has 5 rings (SSSR count). The first-order valence-corrected chi connectivity index (χ1v) is 11.1. The van der Waals surface area contributed by atoms with Crippen LogP contribution in [0.3, 0.4) is 0 Å². The molecule has 8 nitrogen and oxygen atoms in total. The van der Waals surface area contributed by atoms with E-state index in [0.717, 1.165) is 12.0 Å². The quantitative estimate of drug-likeness (QED) is 0.480. The number of carbonyl (C=O) groups is 1. The molecule has 0 radical (unpaired) electrons. The van der Waals surface area contributed by atoms with Gasteiger partial charge in [0.05, 0.1) is 11.7 Å². The fourth-order valence-electron chi connectivity index (χ4n) is 4.55. The van der Waals surface area contributed by atoms with Crippen LogP contribution in [-0.2, 0) is 11.2 Å². The third-order valence-corrected chi connectivity index (χ3v) is 6.17. The van der Waals surface area contributed by atoms with Crippen molar-refractivity contribution >= 4 is 22.9 Å². The van der Waals surface area contributed by atoms with Crippen LogP contribution >= 0.6 is 0 Å². The Morgan fingerprint density at radius 1 is 1.09 bits per heavy atom. The van der Waals surface area contributed by atoms with Gasteiger partial charge in [0, 0.05) is 13.1 Å². The molecule has 1 saturated heterocycles. The van der Waals surface area contributed by atoms with Crippen molar-refractivity contribution in [2.45, 2.75) is 25.8 Å². The Kier molecular flexibility index (Phi) is 5.60. The van der Waals surface area contributed by atoms with Gasteiger partial charge in [0.15, 0.2) is 11.5 Å². The van der Waals surface area contributed by atoms with Gasteiger partial charge in [0.2, 0.25) is 0 Å². The van der Waals surface area contributed by atoms with E-state index in [1.165, 1.54) is 11.9 Å². The Bertz CT molecular complexity index is 1480. The predicted octanol–water partition coefficient (Wildman–Crippen LogP) is 2.55. The Morgan fingerprint density at radius 2 is 1.82 bits per heavy atom. The third-order valence-electron chi connectivity index (χ3n) is 6.17. The number of benzene rings is 2. The van der Waals surface area contributed by atoms with Gasteiger partial charge in [-0.15, -0.1) is 0 Å². The number of aromatic nitrogens is 4. The van der Waals surface area contributed by atoms with E-state index in [1.807, 2.05) is 42.5 Å². The van der Waals surface area contributed by atoms with Crippen molar-refractivity contribution in [1.82, 2.24) is 24.0 Å². The molecule has 1 aliphatic rings. The summed E-state index contributed by atoms with van der Waals surface area (Å²) in [6.07, 6.45) is 2.80. The van der Waals surface area contributed by atoms with Crippen LogP contribution in [0.5, 0.6) is 0 Å². The number of likely N-dealkylation sites (tertiary alicyclic amines) is 1. The molecule has 0 spiro atoms. The molecule has 170 valence electrons. The Hall–Kier alpha value is -4.38. The number of amides is 1. The molecule has 4 aromatic rings. The second-order valence-corrected chi connectivity index (χ2v) is 8.32. The number of hydrogen-bond donors (Lipinski definition) is 1.